The number of carbonyl (C=O) groups is 1. The minimum Gasteiger partial charge on any atom is -0.481 e. The summed E-state index contributed by atoms with van der Waals surface area (Å²) in [6.45, 7) is 2.26. The van der Waals surface area contributed by atoms with E-state index in [1.807, 2.05) is 0 Å². The summed E-state index contributed by atoms with van der Waals surface area (Å²) in [5.41, 5.74) is 0. The van der Waals surface area contributed by atoms with E-state index >= 15 is 0 Å². The highest BCUT2D eigenvalue weighted by Crippen LogP contribution is 2.09. The van der Waals surface area contributed by atoms with Crippen LogP contribution in [0.1, 0.15) is 96.8 Å². The standard InChI is InChI=1S/C20H36O2/c1-2-3-4-5-6-7-8-9-10-11-12-13-14-15-16-17-18-19-20(21)22/h10-11,14-15H,2-9,12-13,16-19H2,1H3,(H,21,22)/b11-10-,15-14-. The Morgan fingerprint density at radius 1 is 0.682 bits per heavy atom. The van der Waals surface area contributed by atoms with Crippen LogP contribution in [0, 0.1) is 0 Å². The number of rotatable bonds is 16. The maximum absolute atomic E-state index is 10.3. The van der Waals surface area contributed by atoms with Gasteiger partial charge in [0.05, 0.1) is 0 Å². The van der Waals surface area contributed by atoms with Gasteiger partial charge in [0, 0.05) is 6.42 Å². The first-order valence-corrected chi connectivity index (χ1v) is 9.29. The lowest BCUT2D eigenvalue weighted by Crippen LogP contribution is -1.92. The summed E-state index contributed by atoms with van der Waals surface area (Å²) in [4.78, 5) is 10.3. The van der Waals surface area contributed by atoms with Crippen LogP contribution in [-0.2, 0) is 4.79 Å². The highest BCUT2D eigenvalue weighted by molar-refractivity contribution is 5.66. The average molecular weight is 309 g/mol. The lowest BCUT2D eigenvalue weighted by Gasteiger charge is -1.98. The molecular formula is C20H36O2. The molecule has 0 spiro atoms. The second kappa shape index (κ2) is 18.0. The summed E-state index contributed by atoms with van der Waals surface area (Å²) in [6, 6.07) is 0. The summed E-state index contributed by atoms with van der Waals surface area (Å²) in [7, 11) is 0. The zero-order valence-corrected chi connectivity index (χ0v) is 14.6. The molecule has 22 heavy (non-hydrogen) atoms. The van der Waals surface area contributed by atoms with Crippen LogP contribution in [0.5, 0.6) is 0 Å². The highest BCUT2D eigenvalue weighted by atomic mass is 16.4. The molecule has 0 unspecified atom stereocenters. The topological polar surface area (TPSA) is 37.3 Å². The Bertz CT molecular complexity index is 292. The van der Waals surface area contributed by atoms with Gasteiger partial charge in [-0.1, -0.05) is 69.8 Å². The molecule has 0 radical (unpaired) electrons. The first-order valence-electron chi connectivity index (χ1n) is 9.29. The van der Waals surface area contributed by atoms with Gasteiger partial charge in [0.25, 0.3) is 0 Å². The van der Waals surface area contributed by atoms with Gasteiger partial charge in [-0.15, -0.1) is 0 Å². The van der Waals surface area contributed by atoms with Crippen LogP contribution in [0.2, 0.25) is 0 Å². The maximum Gasteiger partial charge on any atom is 0.303 e. The van der Waals surface area contributed by atoms with Crippen molar-refractivity contribution in [3.05, 3.63) is 24.3 Å². The molecule has 2 nitrogen and oxygen atoms in total. The van der Waals surface area contributed by atoms with Gasteiger partial charge in [-0.25, -0.2) is 0 Å². The molecule has 0 saturated heterocycles. The van der Waals surface area contributed by atoms with Gasteiger partial charge in [0.2, 0.25) is 0 Å². The van der Waals surface area contributed by atoms with Gasteiger partial charge in [-0.3, -0.25) is 4.79 Å². The smallest absolute Gasteiger partial charge is 0.303 e. The number of hydrogen-bond acceptors (Lipinski definition) is 1. The number of carboxylic acids is 1. The summed E-state index contributed by atoms with van der Waals surface area (Å²) in [5, 5.41) is 8.51. The first kappa shape index (κ1) is 20.9. The molecule has 0 amide bonds. The van der Waals surface area contributed by atoms with E-state index in [-0.39, 0.29) is 0 Å². The van der Waals surface area contributed by atoms with Crippen LogP contribution in [0.4, 0.5) is 0 Å². The summed E-state index contributed by atoms with van der Waals surface area (Å²) in [6.07, 6.45) is 25.2. The quantitative estimate of drug-likeness (QED) is 0.255. The third-order valence-electron chi connectivity index (χ3n) is 3.82. The van der Waals surface area contributed by atoms with E-state index in [2.05, 4.69) is 31.2 Å². The van der Waals surface area contributed by atoms with Crippen molar-refractivity contribution in [2.24, 2.45) is 0 Å². The van der Waals surface area contributed by atoms with E-state index in [1.54, 1.807) is 0 Å². The molecule has 1 N–H and O–H groups in total. The Balaban J connectivity index is 3.18. The Morgan fingerprint density at radius 3 is 1.68 bits per heavy atom. The Kier molecular flexibility index (Phi) is 17.1. The molecule has 0 bridgehead atoms. The van der Waals surface area contributed by atoms with E-state index in [4.69, 9.17) is 5.11 Å². The fraction of sp³-hybridized carbons (Fsp3) is 0.750. The van der Waals surface area contributed by atoms with Crippen LogP contribution in [0.15, 0.2) is 24.3 Å². The predicted octanol–water partition coefficient (Wildman–Crippen LogP) is 6.66. The van der Waals surface area contributed by atoms with Crippen molar-refractivity contribution in [2.75, 3.05) is 0 Å². The molecule has 0 aromatic heterocycles. The van der Waals surface area contributed by atoms with E-state index < -0.39 is 5.97 Å². The molecule has 0 fully saturated rings. The van der Waals surface area contributed by atoms with Gasteiger partial charge in [0.15, 0.2) is 0 Å². The number of allylic oxidation sites excluding steroid dienone is 4. The minimum absolute atomic E-state index is 0.301. The third-order valence-corrected chi connectivity index (χ3v) is 3.82. The van der Waals surface area contributed by atoms with E-state index in [0.29, 0.717) is 6.42 Å². The highest BCUT2D eigenvalue weighted by Gasteiger charge is 1.94. The third kappa shape index (κ3) is 18.9. The molecular weight excluding hydrogens is 272 g/mol. The molecule has 2 heteroatoms. The Labute approximate surface area is 137 Å². The van der Waals surface area contributed by atoms with Gasteiger partial charge in [-0.05, 0) is 44.9 Å². The molecule has 0 heterocycles. The summed E-state index contributed by atoms with van der Waals surface area (Å²) in [5.74, 6) is -0.685. The molecule has 0 rings (SSSR count). The van der Waals surface area contributed by atoms with Crippen molar-refractivity contribution in [2.45, 2.75) is 96.8 Å². The van der Waals surface area contributed by atoms with Crippen LogP contribution < -0.4 is 0 Å². The van der Waals surface area contributed by atoms with Crippen LogP contribution in [0.3, 0.4) is 0 Å². The number of aliphatic carboxylic acids is 1. The number of hydrogen-bond donors (Lipinski definition) is 1. The normalized spacial score (nSPS) is 11.7. The molecule has 0 atom stereocenters. The fourth-order valence-corrected chi connectivity index (χ4v) is 2.42. The monoisotopic (exact) mass is 308 g/mol. The predicted molar refractivity (Wildman–Crippen MR) is 96.2 cm³/mol. The molecule has 0 aromatic rings. The zero-order valence-electron chi connectivity index (χ0n) is 14.6. The molecule has 0 aliphatic carbocycles. The van der Waals surface area contributed by atoms with Crippen molar-refractivity contribution in [1.29, 1.82) is 0 Å². The van der Waals surface area contributed by atoms with Crippen molar-refractivity contribution in [3.8, 4) is 0 Å². The Morgan fingerprint density at radius 2 is 1.14 bits per heavy atom. The largest absolute Gasteiger partial charge is 0.481 e. The van der Waals surface area contributed by atoms with Crippen molar-refractivity contribution in [1.82, 2.24) is 0 Å². The minimum atomic E-state index is -0.685. The average Bonchev–Trinajstić information content (AvgIpc) is 2.50. The van der Waals surface area contributed by atoms with Crippen LogP contribution >= 0.6 is 0 Å². The Hall–Kier alpha value is -1.05. The zero-order chi connectivity index (χ0) is 16.3. The van der Waals surface area contributed by atoms with E-state index in [9.17, 15) is 4.79 Å². The van der Waals surface area contributed by atoms with E-state index in [1.165, 1.54) is 51.4 Å². The molecule has 0 aromatic carbocycles. The number of carboxylic acid groups (broad SMARTS) is 1. The van der Waals surface area contributed by atoms with Crippen LogP contribution in [0.25, 0.3) is 0 Å². The molecule has 0 saturated carbocycles. The molecule has 0 aliphatic rings. The fourth-order valence-electron chi connectivity index (χ4n) is 2.42. The summed E-state index contributed by atoms with van der Waals surface area (Å²) >= 11 is 0. The van der Waals surface area contributed by atoms with Crippen molar-refractivity contribution in [3.63, 3.8) is 0 Å². The van der Waals surface area contributed by atoms with Crippen molar-refractivity contribution < 1.29 is 9.90 Å². The van der Waals surface area contributed by atoms with Gasteiger partial charge in [-0.2, -0.15) is 0 Å². The molecule has 0 aliphatic heterocycles. The number of unbranched alkanes of at least 4 members (excludes halogenated alkanes) is 10. The van der Waals surface area contributed by atoms with Gasteiger partial charge in [0.1, 0.15) is 0 Å². The first-order chi connectivity index (χ1) is 10.8. The van der Waals surface area contributed by atoms with Crippen molar-refractivity contribution >= 4 is 5.97 Å². The van der Waals surface area contributed by atoms with Crippen LogP contribution in [-0.4, -0.2) is 11.1 Å². The SMILES string of the molecule is CCCCCCCCC/C=C\CC/C=C\CCCCC(=O)O. The van der Waals surface area contributed by atoms with E-state index in [0.717, 1.165) is 32.1 Å². The maximum atomic E-state index is 10.3. The van der Waals surface area contributed by atoms with Gasteiger partial charge < -0.3 is 5.11 Å². The summed E-state index contributed by atoms with van der Waals surface area (Å²) < 4.78 is 0. The second-order valence-corrected chi connectivity index (χ2v) is 6.07. The van der Waals surface area contributed by atoms with Gasteiger partial charge >= 0.3 is 5.97 Å². The lowest BCUT2D eigenvalue weighted by atomic mass is 10.1. The molecule has 128 valence electrons. The lowest BCUT2D eigenvalue weighted by molar-refractivity contribution is -0.137. The second-order valence-electron chi connectivity index (χ2n) is 6.07.